The summed E-state index contributed by atoms with van der Waals surface area (Å²) in [4.78, 5) is 12.5. The van der Waals surface area contributed by atoms with Crippen molar-refractivity contribution in [3.63, 3.8) is 0 Å². The number of hydrogen-bond acceptors (Lipinski definition) is 6. The van der Waals surface area contributed by atoms with Crippen LogP contribution in [0.2, 0.25) is 0 Å². The van der Waals surface area contributed by atoms with Crippen molar-refractivity contribution in [2.75, 3.05) is 12.8 Å². The first kappa shape index (κ1) is 12.1. The van der Waals surface area contributed by atoms with Gasteiger partial charge in [-0.25, -0.2) is 9.97 Å². The lowest BCUT2D eigenvalue weighted by molar-refractivity contribution is 0.417. The summed E-state index contributed by atoms with van der Waals surface area (Å²) < 4.78 is 5.12. The molecule has 0 fully saturated rings. The minimum Gasteiger partial charge on any atom is -0.495 e. The Morgan fingerprint density at radius 3 is 2.85 bits per heavy atom. The highest BCUT2D eigenvalue weighted by Crippen LogP contribution is 2.27. The molecular weight excluding hydrogens is 256 g/mol. The third-order valence-electron chi connectivity index (χ3n) is 2.78. The fourth-order valence-electron chi connectivity index (χ4n) is 1.80. The van der Waals surface area contributed by atoms with E-state index in [2.05, 4.69) is 25.1 Å². The van der Waals surface area contributed by atoms with Gasteiger partial charge in [0.25, 0.3) is 0 Å². The number of ether oxygens (including phenoxy) is 1. The molecule has 0 amide bonds. The van der Waals surface area contributed by atoms with Crippen LogP contribution in [0, 0.1) is 0 Å². The van der Waals surface area contributed by atoms with E-state index in [1.54, 1.807) is 37.8 Å². The molecule has 3 aromatic rings. The number of methoxy groups -OCH3 is 1. The van der Waals surface area contributed by atoms with Crippen molar-refractivity contribution in [3.8, 4) is 28.7 Å². The number of aromatic nitrogens is 5. The van der Waals surface area contributed by atoms with E-state index >= 15 is 0 Å². The predicted molar refractivity (Wildman–Crippen MR) is 73.8 cm³/mol. The summed E-state index contributed by atoms with van der Waals surface area (Å²) in [5.41, 5.74) is 7.84. The van der Waals surface area contributed by atoms with Crippen LogP contribution < -0.4 is 10.5 Å². The zero-order valence-electron chi connectivity index (χ0n) is 10.7. The normalized spacial score (nSPS) is 10.4. The molecule has 1 aromatic carbocycles. The Balaban J connectivity index is 1.96. The van der Waals surface area contributed by atoms with Crippen molar-refractivity contribution < 1.29 is 4.74 Å². The van der Waals surface area contributed by atoms with Crippen molar-refractivity contribution in [3.05, 3.63) is 36.8 Å². The summed E-state index contributed by atoms with van der Waals surface area (Å²) in [6.45, 7) is 0. The van der Waals surface area contributed by atoms with Gasteiger partial charge in [0, 0.05) is 18.0 Å². The molecule has 3 rings (SSSR count). The molecule has 0 aliphatic rings. The number of rotatable bonds is 3. The lowest BCUT2D eigenvalue weighted by Crippen LogP contribution is -1.93. The number of nitrogen functional groups attached to an aromatic ring is 1. The number of aromatic amines is 1. The Morgan fingerprint density at radius 2 is 2.15 bits per heavy atom. The Labute approximate surface area is 114 Å². The molecule has 100 valence electrons. The Kier molecular flexibility index (Phi) is 3.00. The van der Waals surface area contributed by atoms with Gasteiger partial charge < -0.3 is 10.5 Å². The lowest BCUT2D eigenvalue weighted by atomic mass is 10.2. The van der Waals surface area contributed by atoms with E-state index in [4.69, 9.17) is 10.5 Å². The van der Waals surface area contributed by atoms with Crippen LogP contribution in [0.4, 0.5) is 5.69 Å². The van der Waals surface area contributed by atoms with E-state index in [1.165, 1.54) is 0 Å². The second-order valence-corrected chi connectivity index (χ2v) is 4.06. The van der Waals surface area contributed by atoms with Crippen LogP contribution in [-0.4, -0.2) is 32.3 Å². The summed E-state index contributed by atoms with van der Waals surface area (Å²) in [6.07, 6.45) is 4.82. The van der Waals surface area contributed by atoms with Crippen LogP contribution >= 0.6 is 0 Å². The molecule has 0 atom stereocenters. The second-order valence-electron chi connectivity index (χ2n) is 4.06. The predicted octanol–water partition coefficient (Wildman–Crippen LogP) is 1.52. The maximum absolute atomic E-state index is 5.87. The standard InChI is InChI=1S/C13H12N6O/c1-20-11-3-2-8(6-9(11)14)12-17-13(19-18-12)10-7-15-4-5-16-10/h2-7H,14H2,1H3,(H,17,18,19). The molecule has 7 nitrogen and oxygen atoms in total. The fourth-order valence-corrected chi connectivity index (χ4v) is 1.80. The van der Waals surface area contributed by atoms with Gasteiger partial charge in [-0.1, -0.05) is 0 Å². The first-order chi connectivity index (χ1) is 9.78. The van der Waals surface area contributed by atoms with Crippen molar-refractivity contribution in [2.24, 2.45) is 0 Å². The maximum atomic E-state index is 5.87. The Morgan fingerprint density at radius 1 is 1.25 bits per heavy atom. The monoisotopic (exact) mass is 268 g/mol. The van der Waals surface area contributed by atoms with Crippen LogP contribution in [0.15, 0.2) is 36.8 Å². The number of nitrogens with zero attached hydrogens (tertiary/aromatic N) is 4. The number of benzene rings is 1. The number of nitrogens with one attached hydrogen (secondary N) is 1. The lowest BCUT2D eigenvalue weighted by Gasteiger charge is -2.04. The highest BCUT2D eigenvalue weighted by atomic mass is 16.5. The minimum atomic E-state index is 0.538. The van der Waals surface area contributed by atoms with Gasteiger partial charge in [0.15, 0.2) is 11.6 Å². The molecule has 0 radical (unpaired) electrons. The van der Waals surface area contributed by atoms with Gasteiger partial charge in [-0.3, -0.25) is 10.1 Å². The van der Waals surface area contributed by atoms with Gasteiger partial charge in [0.05, 0.1) is 19.0 Å². The van der Waals surface area contributed by atoms with Crippen LogP contribution in [0.1, 0.15) is 0 Å². The molecule has 3 N–H and O–H groups in total. The molecule has 20 heavy (non-hydrogen) atoms. The second kappa shape index (κ2) is 4.96. The van der Waals surface area contributed by atoms with Gasteiger partial charge in [-0.2, -0.15) is 5.10 Å². The summed E-state index contributed by atoms with van der Waals surface area (Å²) in [7, 11) is 1.57. The Hall–Kier alpha value is -2.96. The third-order valence-corrected chi connectivity index (χ3v) is 2.78. The highest BCUT2D eigenvalue weighted by molar-refractivity contribution is 5.67. The van der Waals surface area contributed by atoms with E-state index in [1.807, 2.05) is 6.07 Å². The number of hydrogen-bond donors (Lipinski definition) is 2. The van der Waals surface area contributed by atoms with Crippen LogP contribution in [-0.2, 0) is 0 Å². The maximum Gasteiger partial charge on any atom is 0.181 e. The van der Waals surface area contributed by atoms with Crippen molar-refractivity contribution in [1.82, 2.24) is 25.1 Å². The SMILES string of the molecule is COc1ccc(-c2n[nH]c(-c3cnccn3)n2)cc1N. The van der Waals surface area contributed by atoms with Gasteiger partial charge in [0.1, 0.15) is 11.4 Å². The van der Waals surface area contributed by atoms with Gasteiger partial charge >= 0.3 is 0 Å². The molecule has 2 heterocycles. The minimum absolute atomic E-state index is 0.538. The van der Waals surface area contributed by atoms with Crippen LogP contribution in [0.3, 0.4) is 0 Å². The number of nitrogens with two attached hydrogens (primary N) is 1. The molecular formula is C13H12N6O. The largest absolute Gasteiger partial charge is 0.495 e. The first-order valence-corrected chi connectivity index (χ1v) is 5.90. The molecule has 0 unspecified atom stereocenters. The smallest absolute Gasteiger partial charge is 0.181 e. The van der Waals surface area contributed by atoms with Gasteiger partial charge in [-0.05, 0) is 18.2 Å². The quantitative estimate of drug-likeness (QED) is 0.698. The van der Waals surface area contributed by atoms with E-state index < -0.39 is 0 Å². The van der Waals surface area contributed by atoms with E-state index in [-0.39, 0.29) is 0 Å². The first-order valence-electron chi connectivity index (χ1n) is 5.90. The molecule has 0 bridgehead atoms. The van der Waals surface area contributed by atoms with Crippen LogP contribution in [0.25, 0.3) is 22.9 Å². The molecule has 0 aliphatic carbocycles. The summed E-state index contributed by atoms with van der Waals surface area (Å²) in [6, 6.07) is 5.39. The average molecular weight is 268 g/mol. The summed E-state index contributed by atoms with van der Waals surface area (Å²) in [5, 5.41) is 6.99. The topological polar surface area (TPSA) is 103 Å². The van der Waals surface area contributed by atoms with Crippen molar-refractivity contribution in [2.45, 2.75) is 0 Å². The van der Waals surface area contributed by atoms with E-state index in [9.17, 15) is 0 Å². The average Bonchev–Trinajstić information content (AvgIpc) is 2.98. The summed E-state index contributed by atoms with van der Waals surface area (Å²) >= 11 is 0. The molecule has 0 spiro atoms. The molecule has 2 aromatic heterocycles. The number of H-pyrrole nitrogens is 1. The van der Waals surface area contributed by atoms with Crippen molar-refractivity contribution >= 4 is 5.69 Å². The molecule has 0 saturated heterocycles. The molecule has 7 heteroatoms. The zero-order valence-corrected chi connectivity index (χ0v) is 10.7. The van der Waals surface area contributed by atoms with E-state index in [0.29, 0.717) is 28.8 Å². The summed E-state index contributed by atoms with van der Waals surface area (Å²) in [5.74, 6) is 1.72. The van der Waals surface area contributed by atoms with E-state index in [0.717, 1.165) is 5.56 Å². The molecule has 0 saturated carbocycles. The van der Waals surface area contributed by atoms with Gasteiger partial charge in [-0.15, -0.1) is 0 Å². The third kappa shape index (κ3) is 2.16. The molecule has 0 aliphatic heterocycles. The number of anilines is 1. The van der Waals surface area contributed by atoms with Gasteiger partial charge in [0.2, 0.25) is 0 Å². The van der Waals surface area contributed by atoms with Crippen LogP contribution in [0.5, 0.6) is 5.75 Å². The highest BCUT2D eigenvalue weighted by Gasteiger charge is 2.10. The van der Waals surface area contributed by atoms with Crippen molar-refractivity contribution in [1.29, 1.82) is 0 Å². The zero-order chi connectivity index (χ0) is 13.9. The Bertz CT molecular complexity index is 725. The fraction of sp³-hybridized carbons (Fsp3) is 0.0769.